The van der Waals surface area contributed by atoms with Crippen LogP contribution in [-0.4, -0.2) is 340 Å². The lowest BCUT2D eigenvalue weighted by molar-refractivity contribution is -0.210. The van der Waals surface area contributed by atoms with E-state index in [1.165, 1.54) is 89.6 Å². The van der Waals surface area contributed by atoms with Crippen LogP contribution < -0.4 is 33.0 Å². The number of azide groups is 2. The molecule has 13 heterocycles. The van der Waals surface area contributed by atoms with Gasteiger partial charge in [0.05, 0.1) is 45.8 Å². The van der Waals surface area contributed by atoms with Crippen molar-refractivity contribution in [2.24, 2.45) is 31.7 Å². The Morgan fingerprint density at radius 1 is 0.561 bits per heavy atom. The molecule has 0 spiro atoms. The van der Waals surface area contributed by atoms with Crippen LogP contribution in [0.4, 0.5) is 26.3 Å². The number of imidazole rings is 1. The van der Waals surface area contributed by atoms with Crippen molar-refractivity contribution in [2.75, 3.05) is 52.7 Å². The van der Waals surface area contributed by atoms with E-state index in [2.05, 4.69) is 93.8 Å². The van der Waals surface area contributed by atoms with Gasteiger partial charge in [-0.1, -0.05) is 56.0 Å². The van der Waals surface area contributed by atoms with Gasteiger partial charge in [0.1, 0.15) is 118 Å². The zero-order chi connectivity index (χ0) is 92.2. The number of alkyl halides is 6. The van der Waals surface area contributed by atoms with E-state index in [1.807, 2.05) is 5.92 Å². The third kappa shape index (κ3) is 18.5. The number of carbonyl (C=O) groups excluding carboxylic acids is 3. The molecular weight excluding hydrogens is 1660 g/mol. The molecule has 0 unspecified atom stereocenters. The molecule has 6 fully saturated rings. The maximum atomic E-state index is 14.4. The van der Waals surface area contributed by atoms with Gasteiger partial charge >= 0.3 is 5.92 Å². The molecule has 23 atom stereocenters. The van der Waals surface area contributed by atoms with Crippen molar-refractivity contribution >= 4 is 40.6 Å². The number of amidine groups is 2. The molecule has 123 heavy (non-hydrogen) atoms. The van der Waals surface area contributed by atoms with Gasteiger partial charge in [0.2, 0.25) is 11.8 Å². The molecule has 3 amide bonds. The number of aliphatic imine (C=N–C) groups is 2. The summed E-state index contributed by atoms with van der Waals surface area (Å²) in [6, 6.07) is 0. The predicted molar refractivity (Wildman–Crippen MR) is 407 cm³/mol. The van der Waals surface area contributed by atoms with Crippen molar-refractivity contribution in [2.45, 2.75) is 184 Å². The number of aliphatic hydroxyl groups is 15. The van der Waals surface area contributed by atoms with Gasteiger partial charge in [-0.2, -0.15) is 8.78 Å². The van der Waals surface area contributed by atoms with Crippen molar-refractivity contribution in [1.29, 1.82) is 0 Å². The van der Waals surface area contributed by atoms with Gasteiger partial charge in [0.15, 0.2) is 66.9 Å². The van der Waals surface area contributed by atoms with Crippen molar-refractivity contribution < 1.29 is 146 Å². The van der Waals surface area contributed by atoms with E-state index in [-0.39, 0.29) is 70.1 Å². The summed E-state index contributed by atoms with van der Waals surface area (Å²) in [5.41, 5.74) is 14.4. The summed E-state index contributed by atoms with van der Waals surface area (Å²) in [6.45, 7) is 19.2. The molecule has 53 heteroatoms. The zero-order valence-electron chi connectivity index (χ0n) is 65.8. The molecule has 11 aliphatic rings. The van der Waals surface area contributed by atoms with Crippen LogP contribution in [0.3, 0.4) is 0 Å². The normalized spacial score (nSPS) is 37.6. The van der Waals surface area contributed by atoms with Crippen LogP contribution in [-0.2, 0) is 42.8 Å². The lowest BCUT2D eigenvalue weighted by Gasteiger charge is -2.37. The van der Waals surface area contributed by atoms with Gasteiger partial charge < -0.3 is 162 Å². The molecule has 13 rings (SSSR count). The summed E-state index contributed by atoms with van der Waals surface area (Å²) in [6.07, 6.45) is -3.81. The van der Waals surface area contributed by atoms with Gasteiger partial charge in [-0.05, 0) is 57.3 Å². The third-order valence-corrected chi connectivity index (χ3v) is 20.9. The first-order valence-electron chi connectivity index (χ1n) is 36.2. The molecule has 674 valence electrons. The number of hydrogen-bond donors (Lipinski definition) is 21. The second-order valence-electron chi connectivity index (χ2n) is 29.3. The Kier molecular flexibility index (Phi) is 29.5. The number of H-pyrrole nitrogens is 1. The van der Waals surface area contributed by atoms with E-state index < -0.39 is 213 Å². The molecule has 0 bridgehead atoms. The van der Waals surface area contributed by atoms with Crippen LogP contribution in [0.2, 0.25) is 0 Å². The molecule has 47 nitrogen and oxygen atoms in total. The first kappa shape index (κ1) is 97.5. The summed E-state index contributed by atoms with van der Waals surface area (Å²) in [5.74, 6) is -7.59. The van der Waals surface area contributed by atoms with Crippen molar-refractivity contribution in [3.05, 3.63) is 167 Å². The highest BCUT2D eigenvalue weighted by atomic mass is 19.3. The van der Waals surface area contributed by atoms with Gasteiger partial charge in [0.25, 0.3) is 35.0 Å². The molecule has 23 N–H and O–H groups in total. The van der Waals surface area contributed by atoms with E-state index in [0.29, 0.717) is 0 Å². The van der Waals surface area contributed by atoms with Crippen molar-refractivity contribution in [1.82, 2.24) is 60.0 Å². The Balaban J connectivity index is 0.000000183. The van der Waals surface area contributed by atoms with E-state index in [4.69, 9.17) is 67.6 Å². The van der Waals surface area contributed by atoms with Crippen LogP contribution in [0.1, 0.15) is 46.2 Å². The smallest absolute Gasteiger partial charge is 0.320 e. The third-order valence-electron chi connectivity index (χ3n) is 20.9. The number of aromatic amines is 1. The van der Waals surface area contributed by atoms with Gasteiger partial charge in [-0.25, -0.2) is 37.5 Å². The van der Waals surface area contributed by atoms with E-state index in [1.54, 1.807) is 6.92 Å². The molecule has 2 aromatic heterocycles. The summed E-state index contributed by atoms with van der Waals surface area (Å²) < 4.78 is 118. The largest absolute Gasteiger partial charge is 0.393 e. The number of aryl methyl sites for hydroxylation is 1. The summed E-state index contributed by atoms with van der Waals surface area (Å²) in [7, 11) is 0. The Hall–Kier alpha value is -11.0. The monoisotopic (exact) mass is 1750 g/mol. The summed E-state index contributed by atoms with van der Waals surface area (Å²) in [5, 5.41) is 160. The fourth-order valence-corrected chi connectivity index (χ4v) is 13.8. The fraction of sp³-hybridized carbons (Fsp3) is 0.543. The SMILES string of the molecule is C#C[C@]1(O)[C@H](n2cnc3c(=O)[nH]c(C)nc32)O[C@](F)(CO)[C@H]1O.C=C1N=C(N)C=CN1[C@@H]1O[C@@](CO)(CN=[N+]=[N-])[C@@H](O)[C@H]1F.C=C1N=C(N)C=CN1[C@@H]1O[C@](CC)(CO)[C@@H](O)C1(F)F.C=C1NC(=O)C=CN1[C@@H]1O[C@@](CO)(CN=[N+]=[N-])[C@@H](O)[C@H]1F.C=C1NC(=O)C=CN1[C@@H]1O[C@](C)(CO)[C@@H](O)[C@@]1(C)O.C=C1NC(=O)C=CN1[C@@H]1O[C@](F)(CO)[C@@H](O)[C@@]1(C)O. The first-order valence-corrected chi connectivity index (χ1v) is 36.2. The number of rotatable bonds is 17. The second-order valence-corrected chi connectivity index (χ2v) is 29.3. The number of halogens is 6. The quantitative estimate of drug-likeness (QED) is 0.0232. The minimum absolute atomic E-state index is 0.0145. The standard InChI is InChI=1S/C13H13FN4O5.C12H17F2N3O3.C12H18N2O5.C11H15FN6O3.C11H14FN5O4.C11H15FN2O5/c1-3-12(22)10(21)13(14,4-19)23-11(12)18-5-15-7-8(18)16-6(2)17-9(7)20;1-3-11(6-18)9(19)12(13,14)10(20-11)17-5-4-8(15)16-7(17)2;1-7-13-8(16)4-5-14(7)10-12(3,18)9(17)11(2,6-15)19-10;1-6-16-7(13)2-3-18(6)10-8(12)9(20)11(5-19,21-10)4-15-17-14;1-6-15-7(19)2-3-17(6)10-8(12)9(20)11(5-18,21-10)4-14-16-13;1-6-13-7(16)3-4-14(6)9-10(2,18)8(17)11(12,5-15)19-9/h1,5,10-11,19,21-22H,4H2,2H3,(H,16,17,20);4-5,9-10,18-19H,2-3,6H2,1H3,(H2,15,16);4-5,9-10,15,17-18H,1,6H2,2-3H3,(H,13,16);2-3,8-10,19-20H,1,4-5H2,(H2,13,16);2-3,8-10,18,20H,1,4-5H2,(H,15,19);3-4,8-9,15,17-18H,1,5H2,2H3,(H,13,16)/t10-,11+,12+,13+;9-,10-,11-;9-,10-,11-,12-;2*8-,9+,10-,11-;8-,9+,10+,11+/m011110/s1. The molecule has 0 saturated carbocycles. The molecule has 11 aliphatic heterocycles. The lowest BCUT2D eigenvalue weighted by Crippen LogP contribution is -2.54. The van der Waals surface area contributed by atoms with E-state index in [0.717, 1.165) is 34.9 Å². The van der Waals surface area contributed by atoms with E-state index >= 15 is 0 Å². The average Bonchev–Trinajstić information content (AvgIpc) is 1.57. The molecule has 0 radical (unpaired) electrons. The Bertz CT molecular complexity index is 4740. The number of nitrogens with zero attached hydrogens (tertiary/aromatic N) is 16. The first-order chi connectivity index (χ1) is 57.4. The number of ether oxygens (including phenoxy) is 6. The molecule has 0 aromatic carbocycles. The number of amides is 3. The van der Waals surface area contributed by atoms with Gasteiger partial charge in [-0.3, -0.25) is 23.7 Å². The van der Waals surface area contributed by atoms with Crippen LogP contribution >= 0.6 is 0 Å². The number of hydrogen-bond acceptors (Lipinski definition) is 38. The van der Waals surface area contributed by atoms with Gasteiger partial charge in [-0.15, -0.1) is 6.42 Å². The Morgan fingerprint density at radius 3 is 1.37 bits per heavy atom. The highest BCUT2D eigenvalue weighted by Crippen LogP contribution is 2.49. The number of aromatic nitrogens is 4. The molecule has 2 aromatic rings. The number of carbonyl (C=O) groups is 3. The average molecular weight is 1760 g/mol. The number of terminal acetylenes is 1. The number of fused-ring (bicyclic) bond motifs is 1. The molecule has 0 aliphatic carbocycles. The van der Waals surface area contributed by atoms with Crippen LogP contribution in [0.5, 0.6) is 0 Å². The molecular formula is C70H92F6N22O25. The predicted octanol–water partition coefficient (Wildman–Crippen LogP) is -5.13. The maximum Gasteiger partial charge on any atom is 0.320 e. The van der Waals surface area contributed by atoms with Gasteiger partial charge in [0, 0.05) is 59.1 Å². The fourth-order valence-electron chi connectivity index (χ4n) is 13.8. The molecule has 6 saturated heterocycles. The summed E-state index contributed by atoms with van der Waals surface area (Å²) in [4.78, 5) is 74.2. The van der Waals surface area contributed by atoms with Crippen molar-refractivity contribution in [3.8, 4) is 12.3 Å². The van der Waals surface area contributed by atoms with E-state index in [9.17, 15) is 112 Å². The highest BCUT2D eigenvalue weighted by Gasteiger charge is 2.69. The number of nitrogens with two attached hydrogens (primary N) is 2. The minimum atomic E-state index is -3.59. The minimum Gasteiger partial charge on any atom is -0.393 e. The summed E-state index contributed by atoms with van der Waals surface area (Å²) >= 11 is 0. The topological polar surface area (TPSA) is 700 Å². The number of nitrogens with one attached hydrogen (secondary N) is 4. The number of aliphatic hydroxyl groups excluding tert-OH is 12. The lowest BCUT2D eigenvalue weighted by atomic mass is 9.89. The maximum absolute atomic E-state index is 14.4. The van der Waals surface area contributed by atoms with Crippen LogP contribution in [0.25, 0.3) is 32.0 Å². The Morgan fingerprint density at radius 2 is 0.976 bits per heavy atom. The highest BCUT2D eigenvalue weighted by molar-refractivity contribution is 5.93. The van der Waals surface area contributed by atoms with Crippen LogP contribution in [0.15, 0.2) is 155 Å². The Labute approximate surface area is 691 Å². The van der Waals surface area contributed by atoms with Crippen molar-refractivity contribution in [3.63, 3.8) is 0 Å². The zero-order valence-corrected chi connectivity index (χ0v) is 65.8. The van der Waals surface area contributed by atoms with Crippen LogP contribution in [0, 0.1) is 19.3 Å². The second kappa shape index (κ2) is 37.2.